The number of carboxylic acids is 2. The molecule has 1 aromatic carbocycles. The van der Waals surface area contributed by atoms with Gasteiger partial charge in [-0.2, -0.15) is 0 Å². The molecule has 0 bridgehead atoms. The van der Waals surface area contributed by atoms with Crippen LogP contribution >= 0.6 is 0 Å². The van der Waals surface area contributed by atoms with Crippen molar-refractivity contribution in [2.24, 2.45) is 23.1 Å². The van der Waals surface area contributed by atoms with Gasteiger partial charge < -0.3 is 69.5 Å². The van der Waals surface area contributed by atoms with Crippen LogP contribution in [-0.4, -0.2) is 130 Å². The maximum atomic E-state index is 13.7. The minimum absolute atomic E-state index is 0.0401. The number of hydrogen-bond acceptors (Lipinski definition) is 13. The fourth-order valence-corrected chi connectivity index (χ4v) is 5.09. The Hall–Kier alpha value is -5.87. The zero-order valence-electron chi connectivity index (χ0n) is 31.1. The van der Waals surface area contributed by atoms with Gasteiger partial charge in [0.25, 0.3) is 0 Å². The molecule has 22 heteroatoms. The number of aliphatic carboxylic acids is 2. The van der Waals surface area contributed by atoms with Crippen LogP contribution in [-0.2, 0) is 49.6 Å². The van der Waals surface area contributed by atoms with E-state index in [-0.39, 0.29) is 25.1 Å². The fraction of sp³-hybridized carbons (Fsp3) is 0.559. The first-order valence-corrected chi connectivity index (χ1v) is 17.7. The molecular weight excluding hydrogens is 742 g/mol. The highest BCUT2D eigenvalue weighted by Gasteiger charge is 2.34. The first-order valence-electron chi connectivity index (χ1n) is 17.7. The van der Waals surface area contributed by atoms with Gasteiger partial charge in [0.15, 0.2) is 0 Å². The predicted octanol–water partition coefficient (Wildman–Crippen LogP) is -4.60. The summed E-state index contributed by atoms with van der Waals surface area (Å²) in [5.41, 5.74) is 16.6. The SMILES string of the molecule is CC(C)[C@H](NC(=O)CN)C(=O)N[C@@H](CCCCN)C(=O)N[C@@H](CO)C(=O)N[C@@H](Cc1ccc(O)cc1)C(=O)N[C@@H](CC(N)=O)C(=O)N[C@@H](CCC(=O)O)C(=O)O. The standard InChI is InChI=1S/C34H53N9O13/c1-17(2)28(43-26(47)15-36)33(54)38-20(5-3-4-12-35)29(50)42-24(16-44)32(53)40-22(13-18-6-8-19(45)9-7-18)30(51)41-23(14-25(37)46)31(52)39-21(34(55)56)10-11-27(48)49/h6-9,17,20-24,28,44-45H,3-5,10-16,35-36H2,1-2H3,(H2,37,46)(H,38,54)(H,39,52)(H,40,53)(H,41,51)(H,42,50)(H,43,47)(H,48,49)(H,55,56)/t20-,21-,22-,23-,24-,28-/m0/s1. The van der Waals surface area contributed by atoms with Crippen LogP contribution in [0.5, 0.6) is 5.75 Å². The molecule has 0 saturated heterocycles. The second-order valence-electron chi connectivity index (χ2n) is 13.1. The second kappa shape index (κ2) is 24.5. The van der Waals surface area contributed by atoms with E-state index in [2.05, 4.69) is 31.9 Å². The largest absolute Gasteiger partial charge is 0.508 e. The summed E-state index contributed by atoms with van der Waals surface area (Å²) in [5.74, 6) is -10.3. The third kappa shape index (κ3) is 17.5. The predicted molar refractivity (Wildman–Crippen MR) is 196 cm³/mol. The zero-order chi connectivity index (χ0) is 42.5. The lowest BCUT2D eigenvalue weighted by molar-refractivity contribution is -0.143. The van der Waals surface area contributed by atoms with E-state index in [4.69, 9.17) is 22.3 Å². The van der Waals surface area contributed by atoms with E-state index in [1.807, 2.05) is 0 Å². The van der Waals surface area contributed by atoms with Crippen LogP contribution in [0.4, 0.5) is 0 Å². The quantitative estimate of drug-likeness (QED) is 0.0393. The number of phenolic OH excluding ortho intramolecular Hbond substituents is 1. The van der Waals surface area contributed by atoms with Gasteiger partial charge in [-0.25, -0.2) is 4.79 Å². The molecule has 312 valence electrons. The number of amides is 7. The van der Waals surface area contributed by atoms with Crippen molar-refractivity contribution in [3.8, 4) is 5.75 Å². The first-order chi connectivity index (χ1) is 26.3. The van der Waals surface area contributed by atoms with Crippen molar-refractivity contribution in [1.29, 1.82) is 0 Å². The lowest BCUT2D eigenvalue weighted by Gasteiger charge is -2.27. The van der Waals surface area contributed by atoms with Crippen molar-refractivity contribution in [2.45, 2.75) is 95.0 Å². The number of aliphatic hydroxyl groups excluding tert-OH is 1. The van der Waals surface area contributed by atoms with Crippen LogP contribution in [0.25, 0.3) is 0 Å². The Bertz CT molecular complexity index is 1540. The summed E-state index contributed by atoms with van der Waals surface area (Å²) in [6.07, 6.45) is -1.49. The summed E-state index contributed by atoms with van der Waals surface area (Å²) >= 11 is 0. The maximum absolute atomic E-state index is 13.7. The van der Waals surface area contributed by atoms with Gasteiger partial charge in [0.2, 0.25) is 41.4 Å². The molecule has 0 spiro atoms. The lowest BCUT2D eigenvalue weighted by Crippen LogP contribution is -2.61. The minimum Gasteiger partial charge on any atom is -0.508 e. The summed E-state index contributed by atoms with van der Waals surface area (Å²) in [5, 5.41) is 52.2. The Balaban J connectivity index is 3.36. The number of carboxylic acid groups (broad SMARTS) is 2. The summed E-state index contributed by atoms with van der Waals surface area (Å²) in [6, 6.07) is -3.86. The summed E-state index contributed by atoms with van der Waals surface area (Å²) in [7, 11) is 0. The van der Waals surface area contributed by atoms with E-state index in [0.717, 1.165) is 0 Å². The van der Waals surface area contributed by atoms with Crippen molar-refractivity contribution in [1.82, 2.24) is 31.9 Å². The van der Waals surface area contributed by atoms with Crippen LogP contribution in [0.1, 0.15) is 57.9 Å². The first kappa shape index (κ1) is 48.1. The Morgan fingerprint density at radius 1 is 0.661 bits per heavy atom. The zero-order valence-corrected chi connectivity index (χ0v) is 31.1. The van der Waals surface area contributed by atoms with E-state index >= 15 is 0 Å². The summed E-state index contributed by atoms with van der Waals surface area (Å²) in [4.78, 5) is 113. The number of hydrogen-bond donors (Lipinski definition) is 13. The number of rotatable bonds is 26. The highest BCUT2D eigenvalue weighted by Crippen LogP contribution is 2.13. The lowest BCUT2D eigenvalue weighted by atomic mass is 10.0. The molecule has 0 radical (unpaired) electrons. The molecule has 0 aliphatic rings. The number of primary amides is 1. The molecule has 56 heavy (non-hydrogen) atoms. The van der Waals surface area contributed by atoms with Crippen LogP contribution in [0, 0.1) is 5.92 Å². The van der Waals surface area contributed by atoms with Gasteiger partial charge in [0.05, 0.1) is 19.6 Å². The van der Waals surface area contributed by atoms with Crippen molar-refractivity contribution in [3.63, 3.8) is 0 Å². The topological polar surface area (TPSA) is 385 Å². The van der Waals surface area contributed by atoms with Crippen LogP contribution in [0.2, 0.25) is 0 Å². The summed E-state index contributed by atoms with van der Waals surface area (Å²) < 4.78 is 0. The maximum Gasteiger partial charge on any atom is 0.326 e. The van der Waals surface area contributed by atoms with Crippen molar-refractivity contribution >= 4 is 53.3 Å². The third-order valence-electron chi connectivity index (χ3n) is 8.16. The number of unbranched alkanes of at least 4 members (excludes halogenated alkanes) is 1. The van der Waals surface area contributed by atoms with E-state index < -0.39 is 128 Å². The number of carbonyl (C=O) groups excluding carboxylic acids is 7. The average molecular weight is 796 g/mol. The third-order valence-corrected chi connectivity index (χ3v) is 8.16. The van der Waals surface area contributed by atoms with Gasteiger partial charge in [-0.15, -0.1) is 0 Å². The van der Waals surface area contributed by atoms with Gasteiger partial charge in [-0.05, 0) is 55.8 Å². The fourth-order valence-electron chi connectivity index (χ4n) is 5.09. The van der Waals surface area contributed by atoms with E-state index in [0.29, 0.717) is 18.4 Å². The second-order valence-corrected chi connectivity index (χ2v) is 13.1. The Kier molecular flexibility index (Phi) is 21.1. The number of nitrogens with two attached hydrogens (primary N) is 3. The highest BCUT2D eigenvalue weighted by molar-refractivity contribution is 5.98. The number of carbonyl (C=O) groups is 9. The number of aromatic hydroxyl groups is 1. The van der Waals surface area contributed by atoms with Gasteiger partial charge >= 0.3 is 11.9 Å². The molecular formula is C34H53N9O13. The average Bonchev–Trinajstić information content (AvgIpc) is 3.13. The molecule has 0 unspecified atom stereocenters. The Labute approximate surface area is 322 Å². The van der Waals surface area contributed by atoms with Crippen LogP contribution in [0.3, 0.4) is 0 Å². The molecule has 0 heterocycles. The number of aliphatic hydroxyl groups is 1. The smallest absolute Gasteiger partial charge is 0.326 e. The van der Waals surface area contributed by atoms with E-state index in [1.165, 1.54) is 24.3 Å². The Morgan fingerprint density at radius 2 is 1.18 bits per heavy atom. The molecule has 16 N–H and O–H groups in total. The number of benzene rings is 1. The molecule has 0 fully saturated rings. The van der Waals surface area contributed by atoms with Gasteiger partial charge in [-0.3, -0.25) is 38.4 Å². The number of phenols is 1. The van der Waals surface area contributed by atoms with Crippen LogP contribution in [0.15, 0.2) is 24.3 Å². The van der Waals surface area contributed by atoms with Crippen molar-refractivity contribution < 1.29 is 63.6 Å². The van der Waals surface area contributed by atoms with Gasteiger partial charge in [0.1, 0.15) is 42.0 Å². The van der Waals surface area contributed by atoms with Gasteiger partial charge in [-0.1, -0.05) is 26.0 Å². The van der Waals surface area contributed by atoms with Gasteiger partial charge in [0, 0.05) is 12.8 Å². The molecule has 22 nitrogen and oxygen atoms in total. The van der Waals surface area contributed by atoms with Crippen molar-refractivity contribution in [2.75, 3.05) is 19.7 Å². The molecule has 7 amide bonds. The molecule has 0 saturated carbocycles. The molecule has 0 aliphatic carbocycles. The number of nitrogens with one attached hydrogen (secondary N) is 6. The van der Waals surface area contributed by atoms with Crippen LogP contribution < -0.4 is 49.1 Å². The molecule has 6 atom stereocenters. The van der Waals surface area contributed by atoms with E-state index in [9.17, 15) is 58.5 Å². The molecule has 1 rings (SSSR count). The normalized spacial score (nSPS) is 14.1. The molecule has 1 aromatic rings. The Morgan fingerprint density at radius 3 is 1.70 bits per heavy atom. The monoisotopic (exact) mass is 795 g/mol. The van der Waals surface area contributed by atoms with Crippen molar-refractivity contribution in [3.05, 3.63) is 29.8 Å². The summed E-state index contributed by atoms with van der Waals surface area (Å²) in [6.45, 7) is 2.17. The molecule has 0 aromatic heterocycles. The highest BCUT2D eigenvalue weighted by atomic mass is 16.4. The van der Waals surface area contributed by atoms with E-state index in [1.54, 1.807) is 13.8 Å². The molecule has 0 aliphatic heterocycles. The minimum atomic E-state index is -1.80.